The molecule has 6 nitrogen and oxygen atoms in total. The number of hydrogen-bond donors (Lipinski definition) is 6. The van der Waals surface area contributed by atoms with Crippen molar-refractivity contribution in [2.45, 2.75) is 55.7 Å². The molecule has 0 spiro atoms. The maximum atomic E-state index is 14.4. The molecule has 2 aromatic rings. The van der Waals surface area contributed by atoms with Crippen molar-refractivity contribution in [1.82, 2.24) is 0 Å². The van der Waals surface area contributed by atoms with Gasteiger partial charge in [-0.2, -0.15) is 0 Å². The van der Waals surface area contributed by atoms with Gasteiger partial charge in [0.15, 0.2) is 23.3 Å². The summed E-state index contributed by atoms with van der Waals surface area (Å²) in [6.45, 7) is 3.67. The second-order valence-electron chi connectivity index (χ2n) is 8.89. The number of aliphatic hydroxyl groups is 6. The Morgan fingerprint density at radius 3 is 1.61 bits per heavy atom. The molecule has 2 aromatic carbocycles. The molecule has 0 saturated carbocycles. The molecular formula is C24H26F6O6. The fourth-order valence-corrected chi connectivity index (χ4v) is 4.07. The van der Waals surface area contributed by atoms with Crippen LogP contribution in [0, 0.1) is 34.9 Å². The number of hydrogen-bond acceptors (Lipinski definition) is 6. The Hall–Kier alpha value is -2.48. The minimum Gasteiger partial charge on any atom is -0.394 e. The van der Waals surface area contributed by atoms with Crippen LogP contribution in [0.4, 0.5) is 26.3 Å². The van der Waals surface area contributed by atoms with Crippen LogP contribution in [0.25, 0.3) is 0 Å². The standard InChI is InChI=1S/C24H26F6O6/c1-11(2)7-23(35,8-12-3-16(27)18(29)5-14(12)25)22(34)24(36,21(33)20(32)10-31)9-13-4-17(28)19(30)6-15(13)26/h3-6,20-22,31-36H,1,7-10H2,2H3/t20-,21+,22+,23?,24+/m0/s1. The highest BCUT2D eigenvalue weighted by atomic mass is 19.2. The van der Waals surface area contributed by atoms with Gasteiger partial charge in [-0.1, -0.05) is 5.57 Å². The molecule has 36 heavy (non-hydrogen) atoms. The molecule has 0 aliphatic rings. The first-order chi connectivity index (χ1) is 16.6. The van der Waals surface area contributed by atoms with Crippen molar-refractivity contribution in [3.05, 3.63) is 82.4 Å². The maximum Gasteiger partial charge on any atom is 0.161 e. The van der Waals surface area contributed by atoms with Crippen molar-refractivity contribution in [3.8, 4) is 0 Å². The second kappa shape index (κ2) is 11.3. The third-order valence-electron chi connectivity index (χ3n) is 5.80. The van der Waals surface area contributed by atoms with Crippen LogP contribution in [0.3, 0.4) is 0 Å². The molecule has 2 rings (SSSR count). The van der Waals surface area contributed by atoms with Gasteiger partial charge in [-0.3, -0.25) is 0 Å². The molecule has 200 valence electrons. The molecule has 0 amide bonds. The molecule has 0 heterocycles. The van der Waals surface area contributed by atoms with Crippen molar-refractivity contribution in [1.29, 1.82) is 0 Å². The summed E-state index contributed by atoms with van der Waals surface area (Å²) >= 11 is 0. The zero-order valence-electron chi connectivity index (χ0n) is 19.0. The van der Waals surface area contributed by atoms with Gasteiger partial charge in [-0.05, 0) is 36.6 Å². The van der Waals surface area contributed by atoms with Crippen LogP contribution < -0.4 is 0 Å². The maximum absolute atomic E-state index is 14.4. The molecule has 0 fully saturated rings. The van der Waals surface area contributed by atoms with E-state index in [-0.39, 0.29) is 17.7 Å². The lowest BCUT2D eigenvalue weighted by molar-refractivity contribution is -0.228. The molecule has 1 unspecified atom stereocenters. The van der Waals surface area contributed by atoms with Crippen LogP contribution in [-0.2, 0) is 12.8 Å². The number of rotatable bonds is 11. The lowest BCUT2D eigenvalue weighted by Crippen LogP contribution is -2.66. The Kier molecular flexibility index (Phi) is 9.32. The van der Waals surface area contributed by atoms with Crippen LogP contribution in [0.5, 0.6) is 0 Å². The summed E-state index contributed by atoms with van der Waals surface area (Å²) in [6.07, 6.45) is -10.3. The minimum atomic E-state index is -3.20. The normalized spacial score (nSPS) is 17.7. The number of aliphatic hydroxyl groups excluding tert-OH is 4. The fourth-order valence-electron chi connectivity index (χ4n) is 4.07. The summed E-state index contributed by atoms with van der Waals surface area (Å²) in [5.41, 5.74) is -7.31. The molecule has 12 heteroatoms. The van der Waals surface area contributed by atoms with Gasteiger partial charge in [0, 0.05) is 25.0 Å². The van der Waals surface area contributed by atoms with Crippen molar-refractivity contribution in [2.24, 2.45) is 0 Å². The first kappa shape index (κ1) is 29.7. The van der Waals surface area contributed by atoms with Gasteiger partial charge in [0.05, 0.1) is 6.61 Å². The summed E-state index contributed by atoms with van der Waals surface area (Å²) in [5, 5.41) is 63.5. The summed E-state index contributed by atoms with van der Waals surface area (Å²) in [7, 11) is 0. The average Bonchev–Trinajstić information content (AvgIpc) is 2.78. The van der Waals surface area contributed by atoms with Crippen LogP contribution >= 0.6 is 0 Å². The van der Waals surface area contributed by atoms with Crippen molar-refractivity contribution < 1.29 is 57.0 Å². The molecule has 6 N–H and O–H groups in total. The lowest BCUT2D eigenvalue weighted by atomic mass is 9.71. The smallest absolute Gasteiger partial charge is 0.161 e. The van der Waals surface area contributed by atoms with Gasteiger partial charge in [0.25, 0.3) is 0 Å². The van der Waals surface area contributed by atoms with E-state index in [1.807, 2.05) is 0 Å². The van der Waals surface area contributed by atoms with E-state index >= 15 is 0 Å². The first-order valence-corrected chi connectivity index (χ1v) is 10.6. The van der Waals surface area contributed by atoms with E-state index in [0.29, 0.717) is 12.1 Å². The van der Waals surface area contributed by atoms with Gasteiger partial charge in [0.1, 0.15) is 41.1 Å². The molecule has 0 saturated heterocycles. The Labute approximate surface area is 202 Å². The van der Waals surface area contributed by atoms with Gasteiger partial charge < -0.3 is 30.6 Å². The van der Waals surface area contributed by atoms with Crippen LogP contribution in [0.15, 0.2) is 36.4 Å². The molecule has 0 aliphatic carbocycles. The fraction of sp³-hybridized carbons (Fsp3) is 0.417. The topological polar surface area (TPSA) is 121 Å². The Bertz CT molecular complexity index is 1110. The van der Waals surface area contributed by atoms with Crippen molar-refractivity contribution >= 4 is 0 Å². The van der Waals surface area contributed by atoms with E-state index in [1.54, 1.807) is 0 Å². The second-order valence-corrected chi connectivity index (χ2v) is 8.89. The van der Waals surface area contributed by atoms with E-state index in [2.05, 4.69) is 6.58 Å². The average molecular weight is 524 g/mol. The predicted octanol–water partition coefficient (Wildman–Crippen LogP) is 1.81. The van der Waals surface area contributed by atoms with E-state index in [0.717, 1.165) is 0 Å². The molecule has 0 radical (unpaired) electrons. The minimum absolute atomic E-state index is 0.109. The summed E-state index contributed by atoms with van der Waals surface area (Å²) in [5.74, 6) is -8.99. The molecule has 0 bridgehead atoms. The summed E-state index contributed by atoms with van der Waals surface area (Å²) in [6, 6.07) is 0.968. The van der Waals surface area contributed by atoms with Gasteiger partial charge in [0.2, 0.25) is 0 Å². The molecule has 0 aliphatic heterocycles. The highest BCUT2D eigenvalue weighted by Crippen LogP contribution is 2.37. The highest BCUT2D eigenvalue weighted by Gasteiger charge is 2.54. The Balaban J connectivity index is 2.66. The largest absolute Gasteiger partial charge is 0.394 e. The first-order valence-electron chi connectivity index (χ1n) is 10.6. The van der Waals surface area contributed by atoms with E-state index in [4.69, 9.17) is 0 Å². The van der Waals surface area contributed by atoms with Crippen molar-refractivity contribution in [3.63, 3.8) is 0 Å². The van der Waals surface area contributed by atoms with E-state index in [1.165, 1.54) is 6.92 Å². The Morgan fingerprint density at radius 1 is 0.778 bits per heavy atom. The Morgan fingerprint density at radius 2 is 1.19 bits per heavy atom. The van der Waals surface area contributed by atoms with Crippen LogP contribution in [0.1, 0.15) is 24.5 Å². The molecule has 5 atom stereocenters. The molecular weight excluding hydrogens is 498 g/mol. The number of halogens is 6. The third-order valence-corrected chi connectivity index (χ3v) is 5.80. The van der Waals surface area contributed by atoms with Gasteiger partial charge in [-0.15, -0.1) is 6.58 Å². The third kappa shape index (κ3) is 6.25. The lowest BCUT2D eigenvalue weighted by Gasteiger charge is -2.46. The predicted molar refractivity (Wildman–Crippen MR) is 114 cm³/mol. The SMILES string of the molecule is C=C(C)CC(O)(Cc1cc(F)c(F)cc1F)[C@@H](O)[C@@](O)(Cc1cc(F)c(F)cc1F)[C@H](O)[C@@H](O)CO. The zero-order valence-corrected chi connectivity index (χ0v) is 19.0. The summed E-state index contributed by atoms with van der Waals surface area (Å²) < 4.78 is 83.0. The van der Waals surface area contributed by atoms with Crippen molar-refractivity contribution in [2.75, 3.05) is 6.61 Å². The zero-order chi connectivity index (χ0) is 27.6. The monoisotopic (exact) mass is 524 g/mol. The number of benzene rings is 2. The van der Waals surface area contributed by atoms with Gasteiger partial charge >= 0.3 is 0 Å². The van der Waals surface area contributed by atoms with Crippen LogP contribution in [-0.4, -0.2) is 66.8 Å². The summed E-state index contributed by atoms with van der Waals surface area (Å²) in [4.78, 5) is 0. The highest BCUT2D eigenvalue weighted by molar-refractivity contribution is 5.27. The quantitative estimate of drug-likeness (QED) is 0.152. The van der Waals surface area contributed by atoms with E-state index < -0.39 is 101 Å². The van der Waals surface area contributed by atoms with Crippen LogP contribution in [0.2, 0.25) is 0 Å². The van der Waals surface area contributed by atoms with E-state index in [9.17, 15) is 57.0 Å². The molecule has 0 aromatic heterocycles. The van der Waals surface area contributed by atoms with Gasteiger partial charge in [-0.25, -0.2) is 26.3 Å².